The number of carbonyl (C=O) groups is 1. The number of nitrogens with one attached hydrogen (secondary N) is 1. The first-order valence-electron chi connectivity index (χ1n) is 10.3. The van der Waals surface area contributed by atoms with Crippen LogP contribution in [0.5, 0.6) is 5.75 Å². The van der Waals surface area contributed by atoms with Gasteiger partial charge in [0.15, 0.2) is 11.6 Å². The van der Waals surface area contributed by atoms with Gasteiger partial charge in [-0.2, -0.15) is 0 Å². The zero-order chi connectivity index (χ0) is 24.5. The van der Waals surface area contributed by atoms with Crippen LogP contribution in [0.3, 0.4) is 0 Å². The van der Waals surface area contributed by atoms with E-state index in [1.165, 1.54) is 22.3 Å². The van der Waals surface area contributed by atoms with Crippen LogP contribution in [0.2, 0.25) is 0 Å². The van der Waals surface area contributed by atoms with Gasteiger partial charge in [0.2, 0.25) is 0 Å². The highest BCUT2D eigenvalue weighted by molar-refractivity contribution is 7.18. The predicted octanol–water partition coefficient (Wildman–Crippen LogP) is 4.59. The molecular weight excluding hydrogens is 469 g/mol. The van der Waals surface area contributed by atoms with E-state index >= 15 is 0 Å². The van der Waals surface area contributed by atoms with Gasteiger partial charge in [-0.15, -0.1) is 26.2 Å². The summed E-state index contributed by atoms with van der Waals surface area (Å²) < 4.78 is 19.7. The third kappa shape index (κ3) is 4.20. The molecule has 0 fully saturated rings. The molecule has 1 amide bonds. The Morgan fingerprint density at radius 1 is 1.11 bits per heavy atom. The normalized spacial score (nSPS) is 10.9. The average molecular weight is 488 g/mol. The van der Waals surface area contributed by atoms with Crippen LogP contribution in [0.4, 0.5) is 15.9 Å². The number of fused-ring (bicyclic) bond motifs is 1. The first-order valence-corrected chi connectivity index (χ1v) is 11.1. The van der Waals surface area contributed by atoms with Crippen LogP contribution in [0, 0.1) is 0 Å². The Morgan fingerprint density at radius 3 is 2.51 bits per heavy atom. The van der Waals surface area contributed by atoms with E-state index in [1.807, 2.05) is 24.3 Å². The van der Waals surface area contributed by atoms with Crippen molar-refractivity contribution in [3.05, 3.63) is 73.5 Å². The van der Waals surface area contributed by atoms with Gasteiger partial charge in [-0.05, 0) is 36.4 Å². The maximum absolute atomic E-state index is 13.0. The van der Waals surface area contributed by atoms with Gasteiger partial charge < -0.3 is 15.8 Å². The number of thiazole rings is 1. The molecule has 5 aromatic rings. The lowest BCUT2D eigenvalue weighted by molar-refractivity contribution is -0.114. The topological polar surface area (TPSA) is 120 Å². The molecule has 0 aliphatic carbocycles. The second-order valence-electron chi connectivity index (χ2n) is 7.40. The van der Waals surface area contributed by atoms with Gasteiger partial charge in [-0.1, -0.05) is 18.7 Å². The third-order valence-electron chi connectivity index (χ3n) is 5.22. The monoisotopic (exact) mass is 487 g/mol. The highest BCUT2D eigenvalue weighted by Gasteiger charge is 2.22. The molecule has 0 atom stereocenters. The van der Waals surface area contributed by atoms with Crippen LogP contribution in [0.1, 0.15) is 0 Å². The average Bonchev–Trinajstić information content (AvgIpc) is 3.50. The molecule has 0 unspecified atom stereocenters. The Kier molecular flexibility index (Phi) is 5.67. The van der Waals surface area contributed by atoms with E-state index in [-0.39, 0.29) is 5.82 Å². The van der Waals surface area contributed by atoms with Crippen LogP contribution >= 0.6 is 11.3 Å². The number of nitrogens with two attached hydrogens (primary N) is 1. The number of benzene rings is 2. The standard InChI is InChI=1S/C24H18FN7O2S/c1-13(25)23(33)30-16-7-3-14(4-8-16)20-19(21-22(26)28-12-29-32(21)31-20)18-11-27-24(35-18)15-5-9-17(34-2)10-6-15/h3-12H,1H2,2H3,(H,30,33)(H2,26,28,29). The molecule has 0 saturated heterocycles. The van der Waals surface area contributed by atoms with Crippen LogP contribution in [-0.2, 0) is 4.79 Å². The number of hydrogen-bond donors (Lipinski definition) is 2. The minimum absolute atomic E-state index is 0.276. The smallest absolute Gasteiger partial charge is 0.283 e. The first-order chi connectivity index (χ1) is 16.9. The number of rotatable bonds is 6. The summed E-state index contributed by atoms with van der Waals surface area (Å²) in [6, 6.07) is 14.4. The molecule has 0 aliphatic rings. The molecule has 3 heterocycles. The summed E-state index contributed by atoms with van der Waals surface area (Å²) in [4.78, 5) is 21.1. The van der Waals surface area contributed by atoms with Crippen molar-refractivity contribution >= 4 is 34.3 Å². The molecule has 11 heteroatoms. The fourth-order valence-electron chi connectivity index (χ4n) is 3.52. The van der Waals surface area contributed by atoms with Crippen LogP contribution in [-0.4, -0.2) is 37.8 Å². The van der Waals surface area contributed by atoms with Gasteiger partial charge in [0.05, 0.1) is 17.6 Å². The molecule has 0 radical (unpaired) electrons. The summed E-state index contributed by atoms with van der Waals surface area (Å²) >= 11 is 1.48. The summed E-state index contributed by atoms with van der Waals surface area (Å²) in [5, 5.41) is 12.1. The SMILES string of the molecule is C=C(F)C(=O)Nc1ccc(-c2nn3ncnc(N)c3c2-c2cnc(-c3ccc(OC)cc3)s2)cc1. The molecule has 2 aromatic carbocycles. The third-order valence-corrected chi connectivity index (χ3v) is 6.28. The zero-order valence-corrected chi connectivity index (χ0v) is 19.2. The Balaban J connectivity index is 1.59. The van der Waals surface area contributed by atoms with E-state index in [2.05, 4.69) is 32.1 Å². The number of nitrogen functional groups attached to an aromatic ring is 1. The molecule has 0 saturated carbocycles. The molecule has 0 aliphatic heterocycles. The number of hydrogen-bond acceptors (Lipinski definition) is 8. The Morgan fingerprint density at radius 2 is 1.83 bits per heavy atom. The first kappa shape index (κ1) is 22.2. The predicted molar refractivity (Wildman–Crippen MR) is 133 cm³/mol. The molecule has 0 bridgehead atoms. The maximum atomic E-state index is 13.0. The Hall–Kier alpha value is -4.64. The summed E-state index contributed by atoms with van der Waals surface area (Å²) in [7, 11) is 1.62. The van der Waals surface area contributed by atoms with Crippen LogP contribution in [0.25, 0.3) is 37.8 Å². The van der Waals surface area contributed by atoms with Crippen molar-refractivity contribution in [2.24, 2.45) is 0 Å². The lowest BCUT2D eigenvalue weighted by Crippen LogP contribution is -2.10. The minimum Gasteiger partial charge on any atom is -0.497 e. The largest absolute Gasteiger partial charge is 0.497 e. The number of nitrogens with zero attached hydrogens (tertiary/aromatic N) is 5. The zero-order valence-electron chi connectivity index (χ0n) is 18.4. The number of aromatic nitrogens is 5. The summed E-state index contributed by atoms with van der Waals surface area (Å²) in [6.45, 7) is 3.00. The van der Waals surface area contributed by atoms with Crippen molar-refractivity contribution in [3.8, 4) is 38.0 Å². The van der Waals surface area contributed by atoms with Gasteiger partial charge in [0, 0.05) is 23.0 Å². The summed E-state index contributed by atoms with van der Waals surface area (Å²) in [5.74, 6) is -0.928. The number of methoxy groups -OCH3 is 1. The van der Waals surface area contributed by atoms with Crippen molar-refractivity contribution in [1.82, 2.24) is 24.8 Å². The lowest BCUT2D eigenvalue weighted by Gasteiger charge is -2.05. The van der Waals surface area contributed by atoms with Gasteiger partial charge in [0.1, 0.15) is 28.3 Å². The van der Waals surface area contributed by atoms with E-state index in [0.29, 0.717) is 16.9 Å². The molecule has 3 aromatic heterocycles. The summed E-state index contributed by atoms with van der Waals surface area (Å²) in [6.07, 6.45) is 3.10. The van der Waals surface area contributed by atoms with Crippen LogP contribution in [0.15, 0.2) is 73.5 Å². The molecule has 0 spiro atoms. The Bertz CT molecular complexity index is 1560. The number of anilines is 2. The number of halogens is 1. The lowest BCUT2D eigenvalue weighted by atomic mass is 10.1. The van der Waals surface area contributed by atoms with Gasteiger partial charge in [-0.3, -0.25) is 4.79 Å². The van der Waals surface area contributed by atoms with Crippen molar-refractivity contribution in [3.63, 3.8) is 0 Å². The van der Waals surface area contributed by atoms with Gasteiger partial charge in [0.25, 0.3) is 5.91 Å². The second-order valence-corrected chi connectivity index (χ2v) is 8.43. The molecule has 3 N–H and O–H groups in total. The fraction of sp³-hybridized carbons (Fsp3) is 0.0417. The van der Waals surface area contributed by atoms with E-state index in [0.717, 1.165) is 32.3 Å². The van der Waals surface area contributed by atoms with E-state index in [1.54, 1.807) is 37.6 Å². The maximum Gasteiger partial charge on any atom is 0.283 e. The van der Waals surface area contributed by atoms with Crippen molar-refractivity contribution in [2.75, 3.05) is 18.2 Å². The van der Waals surface area contributed by atoms with Crippen molar-refractivity contribution < 1.29 is 13.9 Å². The highest BCUT2D eigenvalue weighted by atomic mass is 32.1. The quantitative estimate of drug-likeness (QED) is 0.336. The van der Waals surface area contributed by atoms with E-state index in [4.69, 9.17) is 10.5 Å². The highest BCUT2D eigenvalue weighted by Crippen LogP contribution is 2.41. The number of carbonyl (C=O) groups excluding carboxylic acids is 1. The summed E-state index contributed by atoms with van der Waals surface area (Å²) in [5.41, 5.74) is 10.2. The van der Waals surface area contributed by atoms with E-state index < -0.39 is 11.7 Å². The molecule has 5 rings (SSSR count). The van der Waals surface area contributed by atoms with Crippen molar-refractivity contribution in [2.45, 2.75) is 0 Å². The molecular formula is C24H18FN7O2S. The number of ether oxygens (including phenoxy) is 1. The van der Waals surface area contributed by atoms with Gasteiger partial charge >= 0.3 is 0 Å². The second kappa shape index (κ2) is 8.95. The number of amides is 1. The van der Waals surface area contributed by atoms with Crippen molar-refractivity contribution in [1.29, 1.82) is 0 Å². The molecule has 35 heavy (non-hydrogen) atoms. The van der Waals surface area contributed by atoms with Gasteiger partial charge in [-0.25, -0.2) is 14.4 Å². The Labute approximate surface area is 202 Å². The fourth-order valence-corrected chi connectivity index (χ4v) is 4.49. The molecule has 174 valence electrons. The van der Waals surface area contributed by atoms with Crippen LogP contribution < -0.4 is 15.8 Å². The van der Waals surface area contributed by atoms with E-state index in [9.17, 15) is 9.18 Å². The minimum atomic E-state index is -1.07. The molecule has 9 nitrogen and oxygen atoms in total.